The molecule has 29 heavy (non-hydrogen) atoms. The normalized spacial score (nSPS) is 27.1. The highest BCUT2D eigenvalue weighted by Crippen LogP contribution is 2.51. The maximum absolute atomic E-state index is 10.6. The number of rotatable bonds is 12. The second-order valence-electron chi connectivity index (χ2n) is 8.07. The standard InChI is InChI=1S/C23H35NO5/c1-2-3-6-9-19(25)12-13-20-18(17-24)16-23(28-14-15-29-23)21(20)10-7-4-5-8-11-22(26)27/h4,7,12-13,18-21,25H,2-3,5-6,8-11,14-16H2,1H3,(H,26,27)/b7-4+,13-12+. The number of carboxylic acids is 1. The first-order chi connectivity index (χ1) is 14.0. The average molecular weight is 406 g/mol. The maximum atomic E-state index is 10.6. The van der Waals surface area contributed by atoms with E-state index in [1.165, 1.54) is 0 Å². The van der Waals surface area contributed by atoms with E-state index in [1.54, 1.807) is 0 Å². The van der Waals surface area contributed by atoms with Gasteiger partial charge in [-0.2, -0.15) is 5.26 Å². The Kier molecular flexibility index (Phi) is 9.86. The third-order valence-corrected chi connectivity index (χ3v) is 5.92. The summed E-state index contributed by atoms with van der Waals surface area (Å²) in [5.41, 5.74) is 0. The molecule has 0 radical (unpaired) electrons. The molecule has 0 aromatic carbocycles. The number of nitrogens with zero attached hydrogens (tertiary/aromatic N) is 1. The predicted octanol–water partition coefficient (Wildman–Crippen LogP) is 4.20. The largest absolute Gasteiger partial charge is 0.481 e. The van der Waals surface area contributed by atoms with Crippen LogP contribution in [-0.2, 0) is 14.3 Å². The summed E-state index contributed by atoms with van der Waals surface area (Å²) in [7, 11) is 0. The van der Waals surface area contributed by atoms with Gasteiger partial charge in [0, 0.05) is 24.7 Å². The van der Waals surface area contributed by atoms with Gasteiger partial charge in [-0.05, 0) is 25.7 Å². The van der Waals surface area contributed by atoms with Crippen molar-refractivity contribution in [3.8, 4) is 6.07 Å². The Bertz CT molecular complexity index is 603. The van der Waals surface area contributed by atoms with Crippen LogP contribution in [0.1, 0.15) is 64.7 Å². The number of hydrogen-bond donors (Lipinski definition) is 2. The van der Waals surface area contributed by atoms with Crippen LogP contribution in [0.5, 0.6) is 0 Å². The molecule has 0 bridgehead atoms. The fourth-order valence-corrected chi connectivity index (χ4v) is 4.39. The third-order valence-electron chi connectivity index (χ3n) is 5.92. The fraction of sp³-hybridized carbons (Fsp3) is 0.739. The number of carboxylic acid groups (broad SMARTS) is 1. The van der Waals surface area contributed by atoms with Gasteiger partial charge in [-0.3, -0.25) is 4.79 Å². The summed E-state index contributed by atoms with van der Waals surface area (Å²) in [5.74, 6) is -1.75. The van der Waals surface area contributed by atoms with Crippen molar-refractivity contribution >= 4 is 5.97 Å². The highest BCUT2D eigenvalue weighted by molar-refractivity contribution is 5.66. The van der Waals surface area contributed by atoms with E-state index in [1.807, 2.05) is 18.2 Å². The van der Waals surface area contributed by atoms with Gasteiger partial charge in [-0.25, -0.2) is 0 Å². The number of aliphatic carboxylic acids is 1. The lowest BCUT2D eigenvalue weighted by atomic mass is 9.85. The summed E-state index contributed by atoms with van der Waals surface area (Å²) in [6, 6.07) is 2.41. The molecule has 6 nitrogen and oxygen atoms in total. The summed E-state index contributed by atoms with van der Waals surface area (Å²) in [4.78, 5) is 10.6. The van der Waals surface area contributed by atoms with Gasteiger partial charge in [0.1, 0.15) is 0 Å². The summed E-state index contributed by atoms with van der Waals surface area (Å²) in [6.07, 6.45) is 14.1. The first kappa shape index (κ1) is 23.6. The summed E-state index contributed by atoms with van der Waals surface area (Å²) >= 11 is 0. The zero-order valence-corrected chi connectivity index (χ0v) is 17.5. The van der Waals surface area contributed by atoms with Gasteiger partial charge in [-0.1, -0.05) is 50.5 Å². The smallest absolute Gasteiger partial charge is 0.303 e. The Labute approximate surface area is 174 Å². The van der Waals surface area contributed by atoms with Crippen molar-refractivity contribution < 1.29 is 24.5 Å². The Morgan fingerprint density at radius 2 is 2.03 bits per heavy atom. The van der Waals surface area contributed by atoms with E-state index in [2.05, 4.69) is 19.1 Å². The second-order valence-corrected chi connectivity index (χ2v) is 8.07. The molecule has 1 aliphatic carbocycles. The number of allylic oxidation sites excluding steroid dienone is 3. The maximum Gasteiger partial charge on any atom is 0.303 e. The third kappa shape index (κ3) is 6.95. The van der Waals surface area contributed by atoms with Crippen molar-refractivity contribution in [2.45, 2.75) is 76.6 Å². The van der Waals surface area contributed by atoms with Gasteiger partial charge in [0.2, 0.25) is 0 Å². The van der Waals surface area contributed by atoms with Crippen LogP contribution in [0.4, 0.5) is 0 Å². The van der Waals surface area contributed by atoms with Crippen LogP contribution >= 0.6 is 0 Å². The molecule has 2 fully saturated rings. The molecule has 1 heterocycles. The SMILES string of the molecule is CCCCCC(O)/C=C/C1C(C#N)CC2(OCCO2)C1C/C=C/CCCC(=O)O. The molecule has 2 aliphatic rings. The molecule has 2 N–H and O–H groups in total. The number of nitriles is 1. The number of aliphatic hydroxyl groups excluding tert-OH is 1. The predicted molar refractivity (Wildman–Crippen MR) is 110 cm³/mol. The number of hydrogen-bond acceptors (Lipinski definition) is 5. The minimum Gasteiger partial charge on any atom is -0.481 e. The Morgan fingerprint density at radius 1 is 1.28 bits per heavy atom. The zero-order valence-electron chi connectivity index (χ0n) is 17.5. The average Bonchev–Trinajstić information content (AvgIpc) is 3.28. The minimum absolute atomic E-state index is 0.00413. The number of carbonyl (C=O) groups is 1. The van der Waals surface area contributed by atoms with Crippen molar-refractivity contribution in [3.63, 3.8) is 0 Å². The molecule has 0 aromatic rings. The molecule has 162 valence electrons. The molecule has 1 aliphatic heterocycles. The van der Waals surface area contributed by atoms with Crippen LogP contribution in [0, 0.1) is 29.1 Å². The quantitative estimate of drug-likeness (QED) is 0.373. The van der Waals surface area contributed by atoms with E-state index in [0.717, 1.165) is 25.7 Å². The Morgan fingerprint density at radius 3 is 2.69 bits per heavy atom. The molecule has 0 aromatic heterocycles. The van der Waals surface area contributed by atoms with E-state index in [4.69, 9.17) is 14.6 Å². The molecule has 0 amide bonds. The summed E-state index contributed by atoms with van der Waals surface area (Å²) in [5, 5.41) is 28.7. The van der Waals surface area contributed by atoms with Crippen molar-refractivity contribution in [2.75, 3.05) is 13.2 Å². The molecule has 6 heteroatoms. The van der Waals surface area contributed by atoms with Crippen LogP contribution in [-0.4, -0.2) is 41.3 Å². The topological polar surface area (TPSA) is 99.8 Å². The molecular formula is C23H35NO5. The van der Waals surface area contributed by atoms with Crippen LogP contribution in [0.25, 0.3) is 0 Å². The first-order valence-electron chi connectivity index (χ1n) is 10.9. The minimum atomic E-state index is -0.777. The van der Waals surface area contributed by atoms with Crippen molar-refractivity contribution in [1.82, 2.24) is 0 Å². The van der Waals surface area contributed by atoms with Crippen molar-refractivity contribution in [3.05, 3.63) is 24.3 Å². The molecule has 4 atom stereocenters. The number of unbranched alkanes of at least 4 members (excludes halogenated alkanes) is 3. The lowest BCUT2D eigenvalue weighted by Gasteiger charge is -2.30. The van der Waals surface area contributed by atoms with E-state index in [9.17, 15) is 15.2 Å². The lowest BCUT2D eigenvalue weighted by Crippen LogP contribution is -2.36. The summed E-state index contributed by atoms with van der Waals surface area (Å²) < 4.78 is 12.0. The fourth-order valence-electron chi connectivity index (χ4n) is 4.39. The second kappa shape index (κ2) is 12.1. The summed E-state index contributed by atoms with van der Waals surface area (Å²) in [6.45, 7) is 3.21. The van der Waals surface area contributed by atoms with Crippen LogP contribution in [0.15, 0.2) is 24.3 Å². The number of ether oxygens (including phenoxy) is 2. The van der Waals surface area contributed by atoms with Gasteiger partial charge >= 0.3 is 5.97 Å². The van der Waals surface area contributed by atoms with Crippen LogP contribution in [0.2, 0.25) is 0 Å². The van der Waals surface area contributed by atoms with E-state index in [-0.39, 0.29) is 24.2 Å². The molecule has 1 saturated heterocycles. The highest BCUT2D eigenvalue weighted by atomic mass is 16.7. The molecule has 1 saturated carbocycles. The monoisotopic (exact) mass is 405 g/mol. The molecule has 4 unspecified atom stereocenters. The van der Waals surface area contributed by atoms with E-state index >= 15 is 0 Å². The van der Waals surface area contributed by atoms with Gasteiger partial charge in [0.25, 0.3) is 0 Å². The Hall–Kier alpha value is -1.68. The highest BCUT2D eigenvalue weighted by Gasteiger charge is 2.56. The van der Waals surface area contributed by atoms with Crippen LogP contribution in [0.3, 0.4) is 0 Å². The van der Waals surface area contributed by atoms with Gasteiger partial charge in [-0.15, -0.1) is 0 Å². The van der Waals surface area contributed by atoms with Crippen LogP contribution < -0.4 is 0 Å². The van der Waals surface area contributed by atoms with E-state index in [0.29, 0.717) is 38.9 Å². The molecule has 2 rings (SSSR count). The van der Waals surface area contributed by atoms with Crippen molar-refractivity contribution in [1.29, 1.82) is 5.26 Å². The van der Waals surface area contributed by atoms with Gasteiger partial charge in [0.05, 0.1) is 31.3 Å². The first-order valence-corrected chi connectivity index (χ1v) is 10.9. The van der Waals surface area contributed by atoms with E-state index < -0.39 is 17.9 Å². The van der Waals surface area contributed by atoms with Gasteiger partial charge < -0.3 is 19.7 Å². The number of aliphatic hydroxyl groups is 1. The molecule has 1 spiro atoms. The lowest BCUT2D eigenvalue weighted by molar-refractivity contribution is -0.184. The van der Waals surface area contributed by atoms with Gasteiger partial charge in [0.15, 0.2) is 5.79 Å². The Balaban J connectivity index is 2.03. The van der Waals surface area contributed by atoms with Crippen molar-refractivity contribution in [2.24, 2.45) is 17.8 Å². The molecular weight excluding hydrogens is 370 g/mol. The zero-order chi connectivity index (χ0) is 21.1.